The zero-order valence-electron chi connectivity index (χ0n) is 13.5. The monoisotopic (exact) mass is 377 g/mol. The van der Waals surface area contributed by atoms with E-state index < -0.39 is 6.09 Å². The van der Waals surface area contributed by atoms with Crippen molar-refractivity contribution in [1.82, 2.24) is 0 Å². The molecule has 0 radical (unpaired) electrons. The van der Waals surface area contributed by atoms with Crippen molar-refractivity contribution in [2.75, 3.05) is 12.4 Å². The van der Waals surface area contributed by atoms with E-state index in [0.717, 1.165) is 27.8 Å². The topological polar surface area (TPSA) is 47.6 Å². The largest absolute Gasteiger partial charge is 0.489 e. The summed E-state index contributed by atoms with van der Waals surface area (Å²) >= 11 is 3.40. The number of nitrogens with one attached hydrogen (secondary N) is 1. The second-order valence-electron chi connectivity index (χ2n) is 5.16. The molecule has 23 heavy (non-hydrogen) atoms. The highest BCUT2D eigenvalue weighted by atomic mass is 79.9. The number of ether oxygens (including phenoxy) is 2. The normalized spacial score (nSPS) is 10.3. The van der Waals surface area contributed by atoms with Crippen molar-refractivity contribution in [3.05, 3.63) is 57.6 Å². The number of halogens is 1. The number of carbonyl (C=O) groups is 1. The molecule has 0 aliphatic rings. The van der Waals surface area contributed by atoms with Crippen LogP contribution in [-0.4, -0.2) is 13.2 Å². The van der Waals surface area contributed by atoms with Crippen LogP contribution in [0, 0.1) is 6.92 Å². The second kappa shape index (κ2) is 8.02. The molecule has 2 aromatic carbocycles. The van der Waals surface area contributed by atoms with E-state index in [2.05, 4.69) is 45.0 Å². The smallest absolute Gasteiger partial charge is 0.411 e. The van der Waals surface area contributed by atoms with E-state index in [4.69, 9.17) is 4.74 Å². The molecule has 0 bridgehead atoms. The highest BCUT2D eigenvalue weighted by Crippen LogP contribution is 2.25. The molecule has 122 valence electrons. The first kappa shape index (κ1) is 17.3. The zero-order valence-corrected chi connectivity index (χ0v) is 15.1. The maximum Gasteiger partial charge on any atom is 0.411 e. The summed E-state index contributed by atoms with van der Waals surface area (Å²) in [6.45, 7) is 4.52. The van der Waals surface area contributed by atoms with Gasteiger partial charge in [-0.25, -0.2) is 4.79 Å². The maximum atomic E-state index is 11.5. The number of rotatable bonds is 5. The number of anilines is 1. The van der Waals surface area contributed by atoms with Crippen molar-refractivity contribution in [1.29, 1.82) is 0 Å². The van der Waals surface area contributed by atoms with Gasteiger partial charge in [-0.3, -0.25) is 5.32 Å². The van der Waals surface area contributed by atoms with Gasteiger partial charge in [0, 0.05) is 10.0 Å². The third-order valence-corrected chi connectivity index (χ3v) is 4.02. The van der Waals surface area contributed by atoms with E-state index in [9.17, 15) is 4.79 Å². The van der Waals surface area contributed by atoms with Crippen LogP contribution in [0.3, 0.4) is 0 Å². The van der Waals surface area contributed by atoms with Gasteiger partial charge in [0.2, 0.25) is 0 Å². The lowest BCUT2D eigenvalue weighted by Crippen LogP contribution is -2.13. The predicted octanol–water partition coefficient (Wildman–Crippen LogP) is 5.08. The molecule has 0 saturated carbocycles. The van der Waals surface area contributed by atoms with E-state index in [1.54, 1.807) is 0 Å². The van der Waals surface area contributed by atoms with Crippen molar-refractivity contribution in [3.63, 3.8) is 0 Å². The Morgan fingerprint density at radius 2 is 2.00 bits per heavy atom. The van der Waals surface area contributed by atoms with Gasteiger partial charge in [0.15, 0.2) is 0 Å². The van der Waals surface area contributed by atoms with Gasteiger partial charge in [0.05, 0.1) is 12.8 Å². The van der Waals surface area contributed by atoms with Crippen LogP contribution in [0.2, 0.25) is 0 Å². The lowest BCUT2D eigenvalue weighted by atomic mass is 10.1. The third kappa shape index (κ3) is 4.73. The number of benzene rings is 2. The summed E-state index contributed by atoms with van der Waals surface area (Å²) in [6, 6.07) is 11.8. The number of amides is 1. The molecular weight excluding hydrogens is 358 g/mol. The van der Waals surface area contributed by atoms with Crippen LogP contribution < -0.4 is 10.1 Å². The van der Waals surface area contributed by atoms with Crippen molar-refractivity contribution < 1.29 is 14.3 Å². The van der Waals surface area contributed by atoms with Gasteiger partial charge in [-0.2, -0.15) is 0 Å². The Kier molecular flexibility index (Phi) is 6.04. The molecule has 5 heteroatoms. The molecular formula is C18H20BrNO3. The lowest BCUT2D eigenvalue weighted by molar-refractivity contribution is 0.187. The van der Waals surface area contributed by atoms with E-state index in [1.165, 1.54) is 12.7 Å². The Morgan fingerprint density at radius 1 is 1.22 bits per heavy atom. The highest BCUT2D eigenvalue weighted by Gasteiger charge is 2.09. The Balaban J connectivity index is 2.15. The van der Waals surface area contributed by atoms with E-state index in [0.29, 0.717) is 12.3 Å². The number of hydrogen-bond donors (Lipinski definition) is 1. The summed E-state index contributed by atoms with van der Waals surface area (Å²) in [6.07, 6.45) is 0.494. The van der Waals surface area contributed by atoms with E-state index >= 15 is 0 Å². The van der Waals surface area contributed by atoms with Crippen LogP contribution in [0.4, 0.5) is 10.5 Å². The SMILES string of the molecule is CCc1ccc(OCc2ccc(Br)cc2NC(=O)OC)c(C)c1. The summed E-state index contributed by atoms with van der Waals surface area (Å²) in [7, 11) is 1.34. The van der Waals surface area contributed by atoms with Crippen LogP contribution >= 0.6 is 15.9 Å². The highest BCUT2D eigenvalue weighted by molar-refractivity contribution is 9.10. The quantitative estimate of drug-likeness (QED) is 0.790. The number of carbonyl (C=O) groups excluding carboxylic acids is 1. The van der Waals surface area contributed by atoms with Gasteiger partial charge in [0.25, 0.3) is 0 Å². The molecule has 2 aromatic rings. The molecule has 0 aliphatic carbocycles. The molecule has 0 atom stereocenters. The molecule has 0 aromatic heterocycles. The maximum absolute atomic E-state index is 11.5. The molecule has 0 spiro atoms. The lowest BCUT2D eigenvalue weighted by Gasteiger charge is -2.14. The first-order valence-corrected chi connectivity index (χ1v) is 8.18. The Hall–Kier alpha value is -2.01. The Morgan fingerprint density at radius 3 is 2.65 bits per heavy atom. The van der Waals surface area contributed by atoms with Gasteiger partial charge in [-0.1, -0.05) is 41.1 Å². The molecule has 1 N–H and O–H groups in total. The molecule has 1 amide bonds. The standard InChI is InChI=1S/C18H20BrNO3/c1-4-13-5-8-17(12(2)9-13)23-11-14-6-7-15(19)10-16(14)20-18(21)22-3/h5-10H,4,11H2,1-3H3,(H,20,21). The molecule has 0 aliphatic heterocycles. The molecule has 4 nitrogen and oxygen atoms in total. The van der Waals surface area contributed by atoms with Crippen LogP contribution in [0.15, 0.2) is 40.9 Å². The summed E-state index contributed by atoms with van der Waals surface area (Å²) in [5, 5.41) is 2.70. The minimum Gasteiger partial charge on any atom is -0.489 e. The molecule has 0 heterocycles. The van der Waals surface area contributed by atoms with Crippen molar-refractivity contribution in [3.8, 4) is 5.75 Å². The molecule has 0 saturated heterocycles. The number of aryl methyl sites for hydroxylation is 2. The Bertz CT molecular complexity index is 701. The molecule has 2 rings (SSSR count). The fourth-order valence-corrected chi connectivity index (χ4v) is 2.56. The van der Waals surface area contributed by atoms with Crippen molar-refractivity contribution in [2.24, 2.45) is 0 Å². The summed E-state index contributed by atoms with van der Waals surface area (Å²) < 4.78 is 11.4. The fraction of sp³-hybridized carbons (Fsp3) is 0.278. The first-order valence-electron chi connectivity index (χ1n) is 7.39. The zero-order chi connectivity index (χ0) is 16.8. The van der Waals surface area contributed by atoms with Gasteiger partial charge in [-0.05, 0) is 42.7 Å². The third-order valence-electron chi connectivity index (χ3n) is 3.52. The Labute approximate surface area is 144 Å². The summed E-state index contributed by atoms with van der Waals surface area (Å²) in [5.41, 5.74) is 3.92. The van der Waals surface area contributed by atoms with Crippen molar-refractivity contribution >= 4 is 27.7 Å². The van der Waals surface area contributed by atoms with Gasteiger partial charge >= 0.3 is 6.09 Å². The van der Waals surface area contributed by atoms with Gasteiger partial charge in [-0.15, -0.1) is 0 Å². The molecule has 0 fully saturated rings. The predicted molar refractivity (Wildman–Crippen MR) is 95.1 cm³/mol. The van der Waals surface area contributed by atoms with E-state index in [1.807, 2.05) is 31.2 Å². The average molecular weight is 378 g/mol. The van der Waals surface area contributed by atoms with Gasteiger partial charge < -0.3 is 9.47 Å². The fourth-order valence-electron chi connectivity index (χ4n) is 2.20. The summed E-state index contributed by atoms with van der Waals surface area (Å²) in [4.78, 5) is 11.5. The number of hydrogen-bond acceptors (Lipinski definition) is 3. The van der Waals surface area contributed by atoms with Crippen LogP contribution in [-0.2, 0) is 17.8 Å². The van der Waals surface area contributed by atoms with Crippen molar-refractivity contribution in [2.45, 2.75) is 26.9 Å². The van der Waals surface area contributed by atoms with Crippen LogP contribution in [0.5, 0.6) is 5.75 Å². The minimum absolute atomic E-state index is 0.360. The van der Waals surface area contributed by atoms with E-state index in [-0.39, 0.29) is 0 Å². The molecule has 0 unspecified atom stereocenters. The number of methoxy groups -OCH3 is 1. The average Bonchev–Trinajstić information content (AvgIpc) is 2.54. The first-order chi connectivity index (χ1) is 11.0. The summed E-state index contributed by atoms with van der Waals surface area (Å²) in [5.74, 6) is 0.842. The second-order valence-corrected chi connectivity index (χ2v) is 6.08. The minimum atomic E-state index is -0.507. The van der Waals surface area contributed by atoms with Gasteiger partial charge in [0.1, 0.15) is 12.4 Å². The van der Waals surface area contributed by atoms with Crippen LogP contribution in [0.1, 0.15) is 23.6 Å². The van der Waals surface area contributed by atoms with Crippen LogP contribution in [0.25, 0.3) is 0 Å².